The van der Waals surface area contributed by atoms with Crippen molar-refractivity contribution in [2.75, 3.05) is 33.9 Å². The van der Waals surface area contributed by atoms with E-state index < -0.39 is 0 Å². The van der Waals surface area contributed by atoms with E-state index in [1.54, 1.807) is 4.90 Å². The van der Waals surface area contributed by atoms with Gasteiger partial charge in [0, 0.05) is 50.4 Å². The number of ether oxygens (including phenoxy) is 1. The molecule has 0 bridgehead atoms. The summed E-state index contributed by atoms with van der Waals surface area (Å²) in [5.74, 6) is 0.451. The van der Waals surface area contributed by atoms with Crippen LogP contribution in [0.4, 0.5) is 0 Å². The molecule has 0 N–H and O–H groups in total. The van der Waals surface area contributed by atoms with Crippen molar-refractivity contribution in [3.8, 4) is 0 Å². The van der Waals surface area contributed by atoms with E-state index in [0.717, 1.165) is 19.7 Å². The topological polar surface area (TPSA) is 32.8 Å². The Morgan fingerprint density at radius 3 is 2.90 bits per heavy atom. The first-order valence-electron chi connectivity index (χ1n) is 7.54. The van der Waals surface area contributed by atoms with Crippen molar-refractivity contribution < 1.29 is 9.53 Å². The smallest absolute Gasteiger partial charge is 0.222 e. The number of rotatable bonds is 4. The molecule has 0 aromatic carbocycles. The molecule has 2 rings (SSSR count). The lowest BCUT2D eigenvalue weighted by Gasteiger charge is -2.31. The SMILES string of the molecule is Cc1ccsc1CN1CCOC[C@@H](CC(=O)N(C)C)[C@@H]1C. The van der Waals surface area contributed by atoms with E-state index in [2.05, 4.69) is 30.2 Å². The fraction of sp³-hybridized carbons (Fsp3) is 0.688. The molecule has 1 saturated heterocycles. The molecule has 0 unspecified atom stereocenters. The number of nitrogens with zero attached hydrogens (tertiary/aromatic N) is 2. The third-order valence-electron chi connectivity index (χ3n) is 4.36. The molecule has 0 aliphatic carbocycles. The average Bonchev–Trinajstić information content (AvgIpc) is 2.76. The molecule has 0 saturated carbocycles. The number of carbonyl (C=O) groups excluding carboxylic acids is 1. The van der Waals surface area contributed by atoms with Crippen LogP contribution in [0, 0.1) is 12.8 Å². The predicted molar refractivity (Wildman–Crippen MR) is 86.5 cm³/mol. The highest BCUT2D eigenvalue weighted by Gasteiger charge is 2.29. The van der Waals surface area contributed by atoms with E-state index in [-0.39, 0.29) is 11.8 Å². The lowest BCUT2D eigenvalue weighted by Crippen LogP contribution is -2.40. The lowest BCUT2D eigenvalue weighted by atomic mass is 9.96. The van der Waals surface area contributed by atoms with E-state index in [9.17, 15) is 4.79 Å². The quantitative estimate of drug-likeness (QED) is 0.856. The largest absolute Gasteiger partial charge is 0.380 e. The highest BCUT2D eigenvalue weighted by atomic mass is 32.1. The Balaban J connectivity index is 2.04. The van der Waals surface area contributed by atoms with E-state index >= 15 is 0 Å². The van der Waals surface area contributed by atoms with Crippen molar-refractivity contribution in [3.05, 3.63) is 21.9 Å². The molecular formula is C16H26N2O2S. The highest BCUT2D eigenvalue weighted by Crippen LogP contribution is 2.24. The van der Waals surface area contributed by atoms with Crippen molar-refractivity contribution in [1.29, 1.82) is 0 Å². The minimum atomic E-state index is 0.185. The number of carbonyl (C=O) groups is 1. The molecule has 118 valence electrons. The minimum Gasteiger partial charge on any atom is -0.380 e. The van der Waals surface area contributed by atoms with Gasteiger partial charge >= 0.3 is 0 Å². The second-order valence-electron chi connectivity index (χ2n) is 6.07. The summed E-state index contributed by atoms with van der Waals surface area (Å²) in [6.07, 6.45) is 0.564. The molecule has 21 heavy (non-hydrogen) atoms. The molecule has 2 heterocycles. The molecule has 1 aromatic heterocycles. The van der Waals surface area contributed by atoms with Gasteiger partial charge in [0.2, 0.25) is 5.91 Å². The normalized spacial score (nSPS) is 23.8. The van der Waals surface area contributed by atoms with E-state index in [1.165, 1.54) is 10.4 Å². The molecule has 1 aromatic rings. The summed E-state index contributed by atoms with van der Waals surface area (Å²) in [7, 11) is 3.63. The Morgan fingerprint density at radius 2 is 2.29 bits per heavy atom. The van der Waals surface area contributed by atoms with Gasteiger partial charge in [0.25, 0.3) is 0 Å². The van der Waals surface area contributed by atoms with Crippen LogP contribution in [0.3, 0.4) is 0 Å². The molecule has 0 radical (unpaired) electrons. The van der Waals surface area contributed by atoms with Gasteiger partial charge in [0.05, 0.1) is 13.2 Å². The number of aryl methyl sites for hydroxylation is 1. The Morgan fingerprint density at radius 1 is 1.52 bits per heavy atom. The lowest BCUT2D eigenvalue weighted by molar-refractivity contribution is -0.130. The van der Waals surface area contributed by atoms with Crippen molar-refractivity contribution >= 4 is 17.2 Å². The van der Waals surface area contributed by atoms with Crippen LogP contribution in [0.5, 0.6) is 0 Å². The van der Waals surface area contributed by atoms with Gasteiger partial charge in [-0.1, -0.05) is 0 Å². The third-order valence-corrected chi connectivity index (χ3v) is 5.37. The summed E-state index contributed by atoms with van der Waals surface area (Å²) < 4.78 is 5.73. The first-order chi connectivity index (χ1) is 9.99. The first kappa shape index (κ1) is 16.5. The Labute approximate surface area is 131 Å². The molecular weight excluding hydrogens is 284 g/mol. The fourth-order valence-corrected chi connectivity index (χ4v) is 3.60. The van der Waals surface area contributed by atoms with Crippen LogP contribution < -0.4 is 0 Å². The number of hydrogen-bond acceptors (Lipinski definition) is 4. The molecule has 2 atom stereocenters. The maximum atomic E-state index is 12.0. The predicted octanol–water partition coefficient (Wildman–Crippen LogP) is 2.37. The third kappa shape index (κ3) is 4.28. The van der Waals surface area contributed by atoms with E-state index in [1.807, 2.05) is 25.4 Å². The molecule has 1 aliphatic heterocycles. The van der Waals surface area contributed by atoms with Gasteiger partial charge in [-0.05, 0) is 30.9 Å². The van der Waals surface area contributed by atoms with Crippen LogP contribution in [0.25, 0.3) is 0 Å². The van der Waals surface area contributed by atoms with Gasteiger partial charge in [-0.25, -0.2) is 0 Å². The molecule has 5 heteroatoms. The van der Waals surface area contributed by atoms with Crippen LogP contribution in [-0.2, 0) is 16.1 Å². The minimum absolute atomic E-state index is 0.185. The zero-order valence-electron chi connectivity index (χ0n) is 13.5. The summed E-state index contributed by atoms with van der Waals surface area (Å²) in [6.45, 7) is 7.72. The Bertz CT molecular complexity index is 473. The van der Waals surface area contributed by atoms with Gasteiger partial charge in [-0.3, -0.25) is 9.69 Å². The van der Waals surface area contributed by atoms with Crippen molar-refractivity contribution in [2.45, 2.75) is 32.9 Å². The summed E-state index contributed by atoms with van der Waals surface area (Å²) >= 11 is 1.81. The first-order valence-corrected chi connectivity index (χ1v) is 8.42. The zero-order valence-corrected chi connectivity index (χ0v) is 14.3. The average molecular weight is 310 g/mol. The number of amides is 1. The molecule has 0 spiro atoms. The van der Waals surface area contributed by atoms with Crippen LogP contribution in [0.15, 0.2) is 11.4 Å². The molecule has 4 nitrogen and oxygen atoms in total. The molecule has 1 fully saturated rings. The molecule has 1 aliphatic rings. The summed E-state index contributed by atoms with van der Waals surface area (Å²) in [5.41, 5.74) is 1.36. The Kier molecular flexibility index (Phi) is 5.79. The van der Waals surface area contributed by atoms with Crippen molar-refractivity contribution in [2.24, 2.45) is 5.92 Å². The van der Waals surface area contributed by atoms with Gasteiger partial charge < -0.3 is 9.64 Å². The Hall–Kier alpha value is -0.910. The van der Waals surface area contributed by atoms with Gasteiger partial charge in [0.15, 0.2) is 0 Å². The zero-order chi connectivity index (χ0) is 15.4. The van der Waals surface area contributed by atoms with E-state index in [4.69, 9.17) is 4.74 Å². The summed E-state index contributed by atoms with van der Waals surface area (Å²) in [5, 5.41) is 2.15. The number of thiophene rings is 1. The second kappa shape index (κ2) is 7.38. The standard InChI is InChI=1S/C16H26N2O2S/c1-12-5-8-21-15(12)10-18-6-7-20-11-14(13(18)2)9-16(19)17(3)4/h5,8,13-14H,6-7,9-11H2,1-4H3/t13-,14+/m0/s1. The van der Waals surface area contributed by atoms with Gasteiger partial charge in [0.1, 0.15) is 0 Å². The van der Waals surface area contributed by atoms with Crippen molar-refractivity contribution in [1.82, 2.24) is 9.80 Å². The number of hydrogen-bond donors (Lipinski definition) is 0. The summed E-state index contributed by atoms with van der Waals surface area (Å²) in [4.78, 5) is 17.5. The monoisotopic (exact) mass is 310 g/mol. The van der Waals surface area contributed by atoms with Gasteiger partial charge in [-0.2, -0.15) is 0 Å². The highest BCUT2D eigenvalue weighted by molar-refractivity contribution is 7.10. The fourth-order valence-electron chi connectivity index (χ4n) is 2.67. The van der Waals surface area contributed by atoms with Crippen LogP contribution in [0.2, 0.25) is 0 Å². The van der Waals surface area contributed by atoms with Gasteiger partial charge in [-0.15, -0.1) is 11.3 Å². The van der Waals surface area contributed by atoms with Crippen LogP contribution in [-0.4, -0.2) is 55.6 Å². The van der Waals surface area contributed by atoms with Crippen LogP contribution in [0.1, 0.15) is 23.8 Å². The summed E-state index contributed by atoms with van der Waals surface area (Å²) in [6, 6.07) is 2.53. The van der Waals surface area contributed by atoms with Crippen molar-refractivity contribution in [3.63, 3.8) is 0 Å². The second-order valence-corrected chi connectivity index (χ2v) is 7.07. The van der Waals surface area contributed by atoms with Crippen LogP contribution >= 0.6 is 11.3 Å². The van der Waals surface area contributed by atoms with E-state index in [0.29, 0.717) is 19.1 Å². The maximum Gasteiger partial charge on any atom is 0.222 e. The maximum absolute atomic E-state index is 12.0. The molecule has 1 amide bonds.